The third-order valence-corrected chi connectivity index (χ3v) is 12.0. The predicted molar refractivity (Wildman–Crippen MR) is 150 cm³/mol. The zero-order valence-electron chi connectivity index (χ0n) is 21.4. The SMILES string of the molecule is Cc1ccc(S(=O)(=O)CC2C3c4ccccc4C(c4ccccc43)C2CS(=O)(=O)c2ccc(C)cc2)cc1. The van der Waals surface area contributed by atoms with Gasteiger partial charge in [-0.15, -0.1) is 0 Å². The van der Waals surface area contributed by atoms with Crippen molar-refractivity contribution >= 4 is 19.7 Å². The van der Waals surface area contributed by atoms with Crippen molar-refractivity contribution in [2.75, 3.05) is 11.5 Å². The van der Waals surface area contributed by atoms with E-state index in [1.54, 1.807) is 24.3 Å². The van der Waals surface area contributed by atoms with Gasteiger partial charge < -0.3 is 0 Å². The van der Waals surface area contributed by atoms with Crippen LogP contribution in [-0.2, 0) is 19.7 Å². The zero-order chi connectivity index (χ0) is 26.7. The monoisotopic (exact) mass is 542 g/mol. The minimum Gasteiger partial charge on any atom is -0.224 e. The Morgan fingerprint density at radius 3 is 1.05 bits per heavy atom. The van der Waals surface area contributed by atoms with Gasteiger partial charge in [0.05, 0.1) is 21.3 Å². The highest BCUT2D eigenvalue weighted by Gasteiger charge is 2.52. The zero-order valence-corrected chi connectivity index (χ0v) is 23.0. The fourth-order valence-corrected chi connectivity index (χ4v) is 9.92. The molecule has 0 amide bonds. The molecule has 0 fully saturated rings. The van der Waals surface area contributed by atoms with Crippen LogP contribution >= 0.6 is 0 Å². The Bertz CT molecular complexity index is 1540. The maximum atomic E-state index is 13.8. The Kier molecular flexibility index (Phi) is 6.08. The summed E-state index contributed by atoms with van der Waals surface area (Å²) < 4.78 is 55.1. The van der Waals surface area contributed by atoms with E-state index in [9.17, 15) is 16.8 Å². The maximum Gasteiger partial charge on any atom is 0.178 e. The highest BCUT2D eigenvalue weighted by molar-refractivity contribution is 7.91. The number of benzene rings is 4. The van der Waals surface area contributed by atoms with Crippen LogP contribution in [0.25, 0.3) is 0 Å². The van der Waals surface area contributed by atoms with E-state index in [4.69, 9.17) is 0 Å². The van der Waals surface area contributed by atoms with Crippen molar-refractivity contribution in [2.45, 2.75) is 35.5 Å². The van der Waals surface area contributed by atoms with Crippen molar-refractivity contribution in [1.29, 1.82) is 0 Å². The number of aryl methyl sites for hydroxylation is 2. The van der Waals surface area contributed by atoms with Crippen LogP contribution in [0.5, 0.6) is 0 Å². The third-order valence-electron chi connectivity index (χ3n) is 8.32. The van der Waals surface area contributed by atoms with E-state index in [0.29, 0.717) is 0 Å². The number of fused-ring (bicyclic) bond motifs is 1. The van der Waals surface area contributed by atoms with E-state index in [0.717, 1.165) is 33.4 Å². The normalized spacial score (nSPS) is 22.1. The van der Waals surface area contributed by atoms with Gasteiger partial charge in [-0.05, 0) is 72.2 Å². The minimum absolute atomic E-state index is 0.103. The van der Waals surface area contributed by atoms with Crippen molar-refractivity contribution < 1.29 is 16.8 Å². The lowest BCUT2D eigenvalue weighted by Gasteiger charge is -2.50. The molecule has 38 heavy (non-hydrogen) atoms. The summed E-state index contributed by atoms with van der Waals surface area (Å²) in [6, 6.07) is 30.2. The molecule has 4 aromatic carbocycles. The second-order valence-electron chi connectivity index (χ2n) is 10.7. The summed E-state index contributed by atoms with van der Waals surface area (Å²) >= 11 is 0. The van der Waals surface area contributed by atoms with Gasteiger partial charge in [-0.1, -0.05) is 83.9 Å². The average Bonchev–Trinajstić information content (AvgIpc) is 2.90. The molecule has 3 aliphatic rings. The van der Waals surface area contributed by atoms with Crippen LogP contribution in [0.4, 0.5) is 0 Å². The summed E-state index contributed by atoms with van der Waals surface area (Å²) in [5.74, 6) is -1.34. The smallest absolute Gasteiger partial charge is 0.178 e. The Hall–Kier alpha value is -3.22. The lowest BCUT2D eigenvalue weighted by molar-refractivity contribution is 0.274. The number of hydrogen-bond acceptors (Lipinski definition) is 4. The molecule has 0 aliphatic heterocycles. The second kappa shape index (κ2) is 9.21. The topological polar surface area (TPSA) is 68.3 Å². The van der Waals surface area contributed by atoms with Gasteiger partial charge in [0.15, 0.2) is 19.7 Å². The molecule has 0 radical (unpaired) electrons. The largest absolute Gasteiger partial charge is 0.224 e. The van der Waals surface area contributed by atoms with Crippen molar-refractivity contribution in [3.63, 3.8) is 0 Å². The third kappa shape index (κ3) is 4.20. The van der Waals surface area contributed by atoms with Gasteiger partial charge in [-0.2, -0.15) is 0 Å². The average molecular weight is 543 g/mol. The molecular weight excluding hydrogens is 512 g/mol. The Morgan fingerprint density at radius 2 is 0.763 bits per heavy atom. The van der Waals surface area contributed by atoms with Crippen LogP contribution in [0, 0.1) is 25.7 Å². The molecule has 2 bridgehead atoms. The van der Waals surface area contributed by atoms with Gasteiger partial charge in [0, 0.05) is 11.8 Å². The molecule has 0 heterocycles. The van der Waals surface area contributed by atoms with Gasteiger partial charge in [0.1, 0.15) is 0 Å². The molecule has 0 spiro atoms. The van der Waals surface area contributed by atoms with E-state index >= 15 is 0 Å². The molecule has 7 rings (SSSR count). The summed E-state index contributed by atoms with van der Waals surface area (Å²) in [4.78, 5) is 0.567. The molecule has 4 aromatic rings. The van der Waals surface area contributed by atoms with E-state index < -0.39 is 19.7 Å². The molecule has 2 atom stereocenters. The standard InChI is InChI=1S/C32H30O4S2/c1-21-11-15-23(16-12-21)37(33,34)19-29-30(20-38(35,36)24-17-13-22(2)14-18-24)32-27-9-5-3-7-25(27)31(29)26-8-4-6-10-28(26)32/h3-18,29-32H,19-20H2,1-2H3. The predicted octanol–water partition coefficient (Wildman–Crippen LogP) is 6.07. The molecule has 3 aliphatic carbocycles. The van der Waals surface area contributed by atoms with Crippen LogP contribution in [0.1, 0.15) is 45.2 Å². The van der Waals surface area contributed by atoms with Crippen LogP contribution < -0.4 is 0 Å². The fourth-order valence-electron chi connectivity index (χ4n) is 6.54. The lowest BCUT2D eigenvalue weighted by Crippen LogP contribution is -2.45. The highest BCUT2D eigenvalue weighted by Crippen LogP contribution is 2.59. The first kappa shape index (κ1) is 25.1. The van der Waals surface area contributed by atoms with Crippen LogP contribution in [0.3, 0.4) is 0 Å². The fraction of sp³-hybridized carbons (Fsp3) is 0.250. The van der Waals surface area contributed by atoms with Crippen LogP contribution in [0.2, 0.25) is 0 Å². The van der Waals surface area contributed by atoms with E-state index in [1.807, 2.05) is 62.4 Å². The quantitative estimate of drug-likeness (QED) is 0.296. The van der Waals surface area contributed by atoms with Crippen LogP contribution in [-0.4, -0.2) is 28.3 Å². The maximum absolute atomic E-state index is 13.8. The molecule has 0 saturated carbocycles. The highest BCUT2D eigenvalue weighted by atomic mass is 32.2. The van der Waals surface area contributed by atoms with E-state index in [-0.39, 0.29) is 45.0 Å². The molecule has 4 nitrogen and oxygen atoms in total. The van der Waals surface area contributed by atoms with Crippen molar-refractivity contribution in [2.24, 2.45) is 11.8 Å². The first-order valence-electron chi connectivity index (χ1n) is 12.9. The molecule has 0 saturated heterocycles. The molecule has 0 N–H and O–H groups in total. The van der Waals surface area contributed by atoms with Gasteiger partial charge in [0.25, 0.3) is 0 Å². The minimum atomic E-state index is -3.66. The summed E-state index contributed by atoms with van der Waals surface area (Å²) in [5.41, 5.74) is 6.44. The lowest BCUT2D eigenvalue weighted by atomic mass is 9.55. The van der Waals surface area contributed by atoms with Gasteiger partial charge in [-0.25, -0.2) is 16.8 Å². The van der Waals surface area contributed by atoms with E-state index in [2.05, 4.69) is 24.3 Å². The Morgan fingerprint density at radius 1 is 0.474 bits per heavy atom. The van der Waals surface area contributed by atoms with Crippen LogP contribution in [0.15, 0.2) is 107 Å². The van der Waals surface area contributed by atoms with Crippen molar-refractivity contribution in [3.8, 4) is 0 Å². The first-order chi connectivity index (χ1) is 18.2. The van der Waals surface area contributed by atoms with E-state index in [1.165, 1.54) is 0 Å². The molecule has 0 aromatic heterocycles. The van der Waals surface area contributed by atoms with Gasteiger partial charge in [-0.3, -0.25) is 0 Å². The summed E-state index contributed by atoms with van der Waals surface area (Å²) in [6.07, 6.45) is 0. The molecule has 6 heteroatoms. The first-order valence-corrected chi connectivity index (χ1v) is 16.2. The number of hydrogen-bond donors (Lipinski definition) is 0. The summed E-state index contributed by atoms with van der Waals surface area (Å²) in [6.45, 7) is 3.85. The summed E-state index contributed by atoms with van der Waals surface area (Å²) in [5, 5.41) is 0. The van der Waals surface area contributed by atoms with Gasteiger partial charge in [0.2, 0.25) is 0 Å². The van der Waals surface area contributed by atoms with Crippen molar-refractivity contribution in [3.05, 3.63) is 130 Å². The number of sulfone groups is 2. The van der Waals surface area contributed by atoms with Crippen molar-refractivity contribution in [1.82, 2.24) is 0 Å². The molecule has 2 unspecified atom stereocenters. The second-order valence-corrected chi connectivity index (χ2v) is 14.8. The Labute approximate surface area is 225 Å². The number of rotatable bonds is 6. The van der Waals surface area contributed by atoms with Gasteiger partial charge >= 0.3 is 0 Å². The Balaban J connectivity index is 1.50. The molecule has 194 valence electrons. The summed E-state index contributed by atoms with van der Waals surface area (Å²) in [7, 11) is -7.32. The molecular formula is C32H30O4S2.